The van der Waals surface area contributed by atoms with E-state index in [0.717, 1.165) is 10.5 Å². The van der Waals surface area contributed by atoms with Crippen LogP contribution >= 0.6 is 12.6 Å². The minimum absolute atomic E-state index is 0.0803. The molecule has 0 aliphatic carbocycles. The molecule has 0 spiro atoms. The highest BCUT2D eigenvalue weighted by Crippen LogP contribution is 2.09. The third-order valence-electron chi connectivity index (χ3n) is 2.34. The van der Waals surface area contributed by atoms with Gasteiger partial charge in [-0.2, -0.15) is 0 Å². The molecule has 2 nitrogen and oxygen atoms in total. The van der Waals surface area contributed by atoms with E-state index in [1.807, 2.05) is 24.3 Å². The van der Waals surface area contributed by atoms with E-state index < -0.39 is 0 Å². The predicted molar refractivity (Wildman–Crippen MR) is 74.4 cm³/mol. The summed E-state index contributed by atoms with van der Waals surface area (Å²) in [7, 11) is 0. The third kappa shape index (κ3) is 4.49. The Hall–Kier alpha value is -1.48. The van der Waals surface area contributed by atoms with Gasteiger partial charge in [0, 0.05) is 18.0 Å². The molecule has 17 heavy (non-hydrogen) atoms. The quantitative estimate of drug-likeness (QED) is 0.605. The monoisotopic (exact) mass is 247 g/mol. The largest absolute Gasteiger partial charge is 0.335 e. The van der Waals surface area contributed by atoms with Gasteiger partial charge in [0.1, 0.15) is 0 Å². The Morgan fingerprint density at radius 2 is 1.71 bits per heavy atom. The molecule has 3 heteroatoms. The van der Waals surface area contributed by atoms with Crippen LogP contribution in [0.25, 0.3) is 0 Å². The van der Waals surface area contributed by atoms with E-state index in [0.29, 0.717) is 19.5 Å². The highest BCUT2D eigenvalue weighted by atomic mass is 32.1. The van der Waals surface area contributed by atoms with Crippen molar-refractivity contribution in [2.75, 3.05) is 13.1 Å². The van der Waals surface area contributed by atoms with Crippen LogP contribution in [0.5, 0.6) is 0 Å². The maximum absolute atomic E-state index is 12.0. The average Bonchev–Trinajstić information content (AvgIpc) is 2.32. The minimum Gasteiger partial charge on any atom is -0.335 e. The number of hydrogen-bond donors (Lipinski definition) is 1. The lowest BCUT2D eigenvalue weighted by Gasteiger charge is -2.19. The van der Waals surface area contributed by atoms with Gasteiger partial charge < -0.3 is 4.90 Å². The molecule has 1 rings (SSSR count). The molecule has 0 saturated heterocycles. The fraction of sp³-hybridized carbons (Fsp3) is 0.214. The first-order valence-corrected chi connectivity index (χ1v) is 5.89. The van der Waals surface area contributed by atoms with Crippen molar-refractivity contribution in [3.8, 4) is 0 Å². The molecule has 0 heterocycles. The topological polar surface area (TPSA) is 20.3 Å². The van der Waals surface area contributed by atoms with Crippen LogP contribution in [0.2, 0.25) is 0 Å². The van der Waals surface area contributed by atoms with Crippen molar-refractivity contribution >= 4 is 18.5 Å². The van der Waals surface area contributed by atoms with Gasteiger partial charge in [-0.1, -0.05) is 24.3 Å². The van der Waals surface area contributed by atoms with Gasteiger partial charge in [-0.05, 0) is 17.7 Å². The van der Waals surface area contributed by atoms with E-state index >= 15 is 0 Å². The van der Waals surface area contributed by atoms with Gasteiger partial charge in [0.2, 0.25) is 5.91 Å². The highest BCUT2D eigenvalue weighted by molar-refractivity contribution is 7.80. The summed E-state index contributed by atoms with van der Waals surface area (Å²) in [5.41, 5.74) is 0.992. The first-order chi connectivity index (χ1) is 8.17. The van der Waals surface area contributed by atoms with Crippen molar-refractivity contribution in [1.29, 1.82) is 0 Å². The van der Waals surface area contributed by atoms with Crippen molar-refractivity contribution in [3.05, 3.63) is 55.1 Å². The van der Waals surface area contributed by atoms with Gasteiger partial charge in [-0.25, -0.2) is 0 Å². The fourth-order valence-electron chi connectivity index (χ4n) is 1.49. The van der Waals surface area contributed by atoms with E-state index in [9.17, 15) is 4.79 Å². The van der Waals surface area contributed by atoms with Gasteiger partial charge in [0.15, 0.2) is 0 Å². The van der Waals surface area contributed by atoms with Crippen LogP contribution in [0.1, 0.15) is 5.56 Å². The number of nitrogens with zero attached hydrogens (tertiary/aromatic N) is 1. The zero-order chi connectivity index (χ0) is 12.7. The van der Waals surface area contributed by atoms with E-state index in [-0.39, 0.29) is 5.91 Å². The van der Waals surface area contributed by atoms with E-state index in [2.05, 4.69) is 25.8 Å². The lowest BCUT2D eigenvalue weighted by atomic mass is 10.1. The molecule has 1 aromatic rings. The van der Waals surface area contributed by atoms with Crippen LogP contribution in [0.15, 0.2) is 54.5 Å². The van der Waals surface area contributed by atoms with Crippen LogP contribution in [0, 0.1) is 0 Å². The summed E-state index contributed by atoms with van der Waals surface area (Å²) in [6.45, 7) is 8.39. The first kappa shape index (κ1) is 13.6. The summed E-state index contributed by atoms with van der Waals surface area (Å²) in [4.78, 5) is 14.6. The van der Waals surface area contributed by atoms with Gasteiger partial charge in [0.25, 0.3) is 0 Å². The van der Waals surface area contributed by atoms with E-state index in [1.54, 1.807) is 17.1 Å². The number of carbonyl (C=O) groups excluding carboxylic acids is 1. The number of benzene rings is 1. The molecular formula is C14H17NOS. The van der Waals surface area contributed by atoms with Crippen molar-refractivity contribution in [1.82, 2.24) is 4.90 Å². The van der Waals surface area contributed by atoms with Crippen molar-refractivity contribution in [2.45, 2.75) is 11.3 Å². The molecule has 0 N–H and O–H groups in total. The lowest BCUT2D eigenvalue weighted by Crippen LogP contribution is -2.32. The molecule has 0 bridgehead atoms. The Bertz CT molecular complexity index is 387. The molecule has 0 aliphatic rings. The Morgan fingerprint density at radius 1 is 1.18 bits per heavy atom. The van der Waals surface area contributed by atoms with Gasteiger partial charge >= 0.3 is 0 Å². The highest BCUT2D eigenvalue weighted by Gasteiger charge is 2.10. The van der Waals surface area contributed by atoms with E-state index in [4.69, 9.17) is 0 Å². The molecule has 1 aromatic carbocycles. The zero-order valence-electron chi connectivity index (χ0n) is 9.80. The van der Waals surface area contributed by atoms with Crippen molar-refractivity contribution in [2.24, 2.45) is 0 Å². The van der Waals surface area contributed by atoms with E-state index in [1.165, 1.54) is 0 Å². The molecule has 0 fully saturated rings. The molecule has 0 atom stereocenters. The van der Waals surface area contributed by atoms with Crippen LogP contribution in [0.3, 0.4) is 0 Å². The summed E-state index contributed by atoms with van der Waals surface area (Å²) in [6, 6.07) is 7.61. The molecule has 90 valence electrons. The Morgan fingerprint density at radius 3 is 2.18 bits per heavy atom. The van der Waals surface area contributed by atoms with Crippen LogP contribution in [-0.2, 0) is 11.2 Å². The van der Waals surface area contributed by atoms with Crippen molar-refractivity contribution in [3.63, 3.8) is 0 Å². The molecule has 0 saturated carbocycles. The normalized spacial score (nSPS) is 9.71. The van der Waals surface area contributed by atoms with Gasteiger partial charge in [-0.15, -0.1) is 25.8 Å². The second-order valence-corrected chi connectivity index (χ2v) is 4.24. The first-order valence-electron chi connectivity index (χ1n) is 5.45. The maximum atomic E-state index is 12.0. The molecule has 0 radical (unpaired) electrons. The average molecular weight is 247 g/mol. The van der Waals surface area contributed by atoms with Crippen molar-refractivity contribution < 1.29 is 4.79 Å². The number of hydrogen-bond acceptors (Lipinski definition) is 2. The Kier molecular flexibility index (Phi) is 5.57. The number of carbonyl (C=O) groups is 1. The number of rotatable bonds is 6. The Labute approximate surface area is 108 Å². The molecular weight excluding hydrogens is 230 g/mol. The second-order valence-electron chi connectivity index (χ2n) is 3.72. The SMILES string of the molecule is C=CCN(CC=C)C(=O)Cc1ccc(S)cc1. The third-order valence-corrected chi connectivity index (χ3v) is 2.64. The van der Waals surface area contributed by atoms with Gasteiger partial charge in [0.05, 0.1) is 6.42 Å². The molecule has 0 unspecified atom stereocenters. The minimum atomic E-state index is 0.0803. The van der Waals surface area contributed by atoms with Crippen LogP contribution in [0.4, 0.5) is 0 Å². The Balaban J connectivity index is 2.65. The summed E-state index contributed by atoms with van der Waals surface area (Å²) in [6.07, 6.45) is 3.84. The number of amides is 1. The van der Waals surface area contributed by atoms with Gasteiger partial charge in [-0.3, -0.25) is 4.79 Å². The zero-order valence-corrected chi connectivity index (χ0v) is 10.7. The van der Waals surface area contributed by atoms with Crippen LogP contribution in [-0.4, -0.2) is 23.9 Å². The summed E-state index contributed by atoms with van der Waals surface area (Å²) < 4.78 is 0. The van der Waals surface area contributed by atoms with Crippen LogP contribution < -0.4 is 0 Å². The summed E-state index contributed by atoms with van der Waals surface area (Å²) >= 11 is 4.21. The standard InChI is InChI=1S/C14H17NOS/c1-3-9-15(10-4-2)14(16)11-12-5-7-13(17)8-6-12/h3-8,17H,1-2,9-11H2. The lowest BCUT2D eigenvalue weighted by molar-refractivity contribution is -0.129. The maximum Gasteiger partial charge on any atom is 0.227 e. The smallest absolute Gasteiger partial charge is 0.227 e. The second kappa shape index (κ2) is 6.97. The molecule has 0 aliphatic heterocycles. The predicted octanol–water partition coefficient (Wildman–Crippen LogP) is 2.72. The molecule has 1 amide bonds. The molecule has 0 aromatic heterocycles. The number of thiol groups is 1. The fourth-order valence-corrected chi connectivity index (χ4v) is 1.64. The summed E-state index contributed by atoms with van der Waals surface area (Å²) in [5, 5.41) is 0. The summed E-state index contributed by atoms with van der Waals surface area (Å²) in [5.74, 6) is 0.0803.